The van der Waals surface area contributed by atoms with E-state index in [2.05, 4.69) is 42.5 Å². The quantitative estimate of drug-likeness (QED) is 0.0504. The van der Waals surface area contributed by atoms with Crippen LogP contribution in [0.5, 0.6) is 0 Å². The van der Waals surface area contributed by atoms with Crippen molar-refractivity contribution in [3.8, 4) is 0 Å². The molecule has 12 N–H and O–H groups in total. The Balaban J connectivity index is 3.33. The fourth-order valence-electron chi connectivity index (χ4n) is 7.40. The van der Waals surface area contributed by atoms with Crippen LogP contribution in [0.1, 0.15) is 128 Å². The molecule has 0 unspecified atom stereocenters. The van der Waals surface area contributed by atoms with Crippen LogP contribution in [-0.2, 0) is 49.6 Å². The zero-order valence-corrected chi connectivity index (χ0v) is 43.6. The van der Waals surface area contributed by atoms with Gasteiger partial charge in [-0.15, -0.1) is 0 Å². The lowest BCUT2D eigenvalue weighted by Gasteiger charge is -2.31. The van der Waals surface area contributed by atoms with Gasteiger partial charge in [-0.2, -0.15) is 0 Å². The van der Waals surface area contributed by atoms with Crippen molar-refractivity contribution < 1.29 is 53.4 Å². The van der Waals surface area contributed by atoms with Crippen molar-refractivity contribution in [2.75, 3.05) is 6.61 Å². The first-order chi connectivity index (χ1) is 32.7. The first-order valence-corrected chi connectivity index (χ1v) is 24.8. The van der Waals surface area contributed by atoms with Crippen LogP contribution in [0.3, 0.4) is 0 Å². The molecule has 20 heteroatoms. The lowest BCUT2D eigenvalue weighted by molar-refractivity contribution is -0.143. The summed E-state index contributed by atoms with van der Waals surface area (Å²) in [5.74, 6) is -8.75. The highest BCUT2D eigenvalue weighted by molar-refractivity contribution is 5.98. The van der Waals surface area contributed by atoms with Crippen LogP contribution in [0.4, 0.5) is 0 Å². The highest BCUT2D eigenvalue weighted by Gasteiger charge is 2.37. The van der Waals surface area contributed by atoms with Crippen molar-refractivity contribution in [2.45, 2.75) is 183 Å². The average molecular weight is 988 g/mol. The predicted octanol–water partition coefficient (Wildman–Crippen LogP) is 1.42. The van der Waals surface area contributed by atoms with Gasteiger partial charge in [0.25, 0.3) is 0 Å². The number of aliphatic hydroxyl groups excluding tert-OH is 1. The lowest BCUT2D eigenvalue weighted by Crippen LogP contribution is -2.62. The fourth-order valence-corrected chi connectivity index (χ4v) is 7.40. The van der Waals surface area contributed by atoms with E-state index in [9.17, 15) is 53.4 Å². The molecule has 0 fully saturated rings. The van der Waals surface area contributed by atoms with E-state index in [-0.39, 0.29) is 30.6 Å². The van der Waals surface area contributed by atoms with E-state index in [1.165, 1.54) is 6.92 Å². The van der Waals surface area contributed by atoms with Gasteiger partial charge in [0.15, 0.2) is 0 Å². The molecule has 0 spiro atoms. The van der Waals surface area contributed by atoms with Gasteiger partial charge in [-0.3, -0.25) is 38.4 Å². The van der Waals surface area contributed by atoms with E-state index in [0.29, 0.717) is 31.2 Å². The summed E-state index contributed by atoms with van der Waals surface area (Å²) >= 11 is 0. The third-order valence-electron chi connectivity index (χ3n) is 12.5. The molecule has 70 heavy (non-hydrogen) atoms. The van der Waals surface area contributed by atoms with Gasteiger partial charge in [-0.25, -0.2) is 4.79 Å². The summed E-state index contributed by atoms with van der Waals surface area (Å²) in [5, 5.41) is 40.9. The van der Waals surface area contributed by atoms with Gasteiger partial charge in [0.05, 0.1) is 12.6 Å². The highest BCUT2D eigenvalue weighted by Crippen LogP contribution is 2.16. The molecule has 0 bridgehead atoms. The number of hydrogen-bond acceptors (Lipinski definition) is 11. The smallest absolute Gasteiger partial charge is 0.326 e. The average Bonchev–Trinajstić information content (AvgIpc) is 3.30. The number of carbonyl (C=O) groups is 9. The first-order valence-electron chi connectivity index (χ1n) is 24.8. The van der Waals surface area contributed by atoms with E-state index in [1.807, 2.05) is 27.7 Å². The van der Waals surface area contributed by atoms with E-state index >= 15 is 0 Å². The monoisotopic (exact) mass is 988 g/mol. The number of carboxylic acids is 1. The van der Waals surface area contributed by atoms with Gasteiger partial charge in [-0.05, 0) is 60.8 Å². The minimum absolute atomic E-state index is 0.00757. The SMILES string of the molecule is CC[C@H](C)[C@H](NC(=O)[C@H](CO)NC(=O)[C@H](C)NC(=O)[C@@H](NC(=O)[C@H](Cc1ccccc1)NC(=O)[C@@H](NC(=O)[C@@H](NC(=O)[C@@H](N)CC(C)C)[C@@H](C)CC)[C@@H](C)CC)C(C)C)C(=O)N[C@@H](CC(C)C)C(=O)O. The van der Waals surface area contributed by atoms with Gasteiger partial charge in [0.1, 0.15) is 48.3 Å². The summed E-state index contributed by atoms with van der Waals surface area (Å²) < 4.78 is 0. The summed E-state index contributed by atoms with van der Waals surface area (Å²) in [6.07, 6.45) is 1.95. The Morgan fingerprint density at radius 3 is 1.29 bits per heavy atom. The molecule has 396 valence electrons. The van der Waals surface area contributed by atoms with Crippen LogP contribution in [0.15, 0.2) is 30.3 Å². The summed E-state index contributed by atoms with van der Waals surface area (Å²) in [5.41, 5.74) is 6.81. The standard InChI is InChI=1S/C50H85N9O11/c1-14-29(10)39(48(67)54-36(50(69)70)23-27(6)7)58-45(64)37(25-60)55-42(61)32(13)52-46(65)38(28(8)9)56-44(63)35(24-33-20-18-17-19-21-33)53-47(66)40(30(11)15-2)59-49(68)41(31(12)16-3)57-43(62)34(51)22-26(4)5/h17-21,26-32,34-41,60H,14-16,22-25,51H2,1-13H3,(H,52,65)(H,53,66)(H,54,67)(H,55,61)(H,56,63)(H,57,62)(H,58,64)(H,59,68)(H,69,70)/t29-,30-,31-,32-,34-,35-,36-,37-,38-,39-,40-,41-/m0/s1. The first kappa shape index (κ1) is 62.4. The topological polar surface area (TPSA) is 316 Å². The van der Waals surface area contributed by atoms with Gasteiger partial charge in [0, 0.05) is 6.42 Å². The minimum atomic E-state index is -1.57. The van der Waals surface area contributed by atoms with Crippen LogP contribution in [0.25, 0.3) is 0 Å². The maximum atomic E-state index is 14.3. The highest BCUT2D eigenvalue weighted by atomic mass is 16.4. The lowest BCUT2D eigenvalue weighted by atomic mass is 9.94. The molecule has 1 aromatic carbocycles. The van der Waals surface area contributed by atoms with Crippen LogP contribution in [0, 0.1) is 35.5 Å². The number of nitrogens with two attached hydrogens (primary N) is 1. The molecule has 0 aliphatic rings. The number of benzene rings is 1. The number of nitrogens with one attached hydrogen (secondary N) is 8. The molecule has 0 saturated carbocycles. The number of aliphatic carboxylic acids is 1. The molecule has 1 rings (SSSR count). The van der Waals surface area contributed by atoms with E-state index < -0.39 is 132 Å². The second kappa shape index (κ2) is 30.9. The molecule has 0 radical (unpaired) electrons. The minimum Gasteiger partial charge on any atom is -0.480 e. The molecule has 20 nitrogen and oxygen atoms in total. The van der Waals surface area contributed by atoms with Gasteiger partial charge in [-0.1, -0.05) is 133 Å². The third-order valence-corrected chi connectivity index (χ3v) is 12.5. The Labute approximate surface area is 414 Å². The molecule has 1 aromatic rings. The van der Waals surface area contributed by atoms with E-state index in [0.717, 1.165) is 0 Å². The number of hydrogen-bond donors (Lipinski definition) is 11. The van der Waals surface area contributed by atoms with Crippen LogP contribution >= 0.6 is 0 Å². The zero-order chi connectivity index (χ0) is 53.6. The molecule has 0 aliphatic carbocycles. The molecule has 0 aromatic heterocycles. The summed E-state index contributed by atoms with van der Waals surface area (Å²) in [4.78, 5) is 121. The number of carbonyl (C=O) groups excluding carboxylic acids is 8. The van der Waals surface area contributed by atoms with Gasteiger partial charge >= 0.3 is 5.97 Å². The zero-order valence-electron chi connectivity index (χ0n) is 43.6. The molecular weight excluding hydrogens is 903 g/mol. The van der Waals surface area contributed by atoms with Crippen LogP contribution in [0.2, 0.25) is 0 Å². The number of aliphatic hydroxyl groups is 1. The Hall–Kier alpha value is -5.63. The molecule has 0 heterocycles. The fraction of sp³-hybridized carbons (Fsp3) is 0.700. The van der Waals surface area contributed by atoms with Crippen molar-refractivity contribution in [1.29, 1.82) is 0 Å². The van der Waals surface area contributed by atoms with Crippen LogP contribution in [-0.4, -0.2) is 124 Å². The maximum absolute atomic E-state index is 14.3. The van der Waals surface area contributed by atoms with Crippen molar-refractivity contribution >= 4 is 53.2 Å². The van der Waals surface area contributed by atoms with Crippen molar-refractivity contribution in [1.82, 2.24) is 42.5 Å². The number of carboxylic acid groups (broad SMARTS) is 1. The molecule has 0 aliphatic heterocycles. The number of rotatable bonds is 31. The van der Waals surface area contributed by atoms with E-state index in [4.69, 9.17) is 5.73 Å². The van der Waals surface area contributed by atoms with E-state index in [1.54, 1.807) is 85.7 Å². The summed E-state index contributed by atoms with van der Waals surface area (Å²) in [7, 11) is 0. The maximum Gasteiger partial charge on any atom is 0.326 e. The van der Waals surface area contributed by atoms with Gasteiger partial charge < -0.3 is 58.5 Å². The Morgan fingerprint density at radius 1 is 0.471 bits per heavy atom. The normalized spacial score (nSPS) is 16.6. The van der Waals surface area contributed by atoms with Gasteiger partial charge in [0.2, 0.25) is 47.3 Å². The Morgan fingerprint density at radius 2 is 0.857 bits per heavy atom. The Kier molecular flexibility index (Phi) is 27.5. The second-order valence-corrected chi connectivity index (χ2v) is 19.8. The predicted molar refractivity (Wildman–Crippen MR) is 266 cm³/mol. The molecular formula is C50H85N9O11. The molecule has 8 amide bonds. The third kappa shape index (κ3) is 20.8. The molecule has 0 saturated heterocycles. The summed E-state index contributed by atoms with van der Waals surface area (Å²) in [6, 6.07) is -1.96. The largest absolute Gasteiger partial charge is 0.480 e. The number of amides is 8. The second-order valence-electron chi connectivity index (χ2n) is 19.8. The molecule has 12 atom stereocenters. The Bertz CT molecular complexity index is 1880. The van der Waals surface area contributed by atoms with Crippen LogP contribution < -0.4 is 48.3 Å². The van der Waals surface area contributed by atoms with Crippen molar-refractivity contribution in [3.63, 3.8) is 0 Å². The van der Waals surface area contributed by atoms with Crippen molar-refractivity contribution in [3.05, 3.63) is 35.9 Å². The summed E-state index contributed by atoms with van der Waals surface area (Å²) in [6.45, 7) is 22.0. The van der Waals surface area contributed by atoms with Crippen molar-refractivity contribution in [2.24, 2.45) is 41.2 Å².